The molecule has 1 aromatic heterocycles. The summed E-state index contributed by atoms with van der Waals surface area (Å²) in [5.74, 6) is -0.979. The molecule has 0 saturated heterocycles. The van der Waals surface area contributed by atoms with E-state index in [-0.39, 0.29) is 11.4 Å². The fraction of sp³-hybridized carbons (Fsp3) is 0.136. The van der Waals surface area contributed by atoms with Gasteiger partial charge in [0, 0.05) is 11.9 Å². The van der Waals surface area contributed by atoms with Crippen LogP contribution in [0.4, 0.5) is 17.1 Å². The minimum Gasteiger partial charge on any atom is -0.477 e. The number of pyridine rings is 1. The first-order chi connectivity index (χ1) is 14.7. The highest BCUT2D eigenvalue weighted by Gasteiger charge is 2.16. The van der Waals surface area contributed by atoms with E-state index >= 15 is 0 Å². The number of azo groups is 1. The second kappa shape index (κ2) is 10.5. The molecule has 0 spiro atoms. The number of benzene rings is 2. The summed E-state index contributed by atoms with van der Waals surface area (Å²) in [7, 11) is 0. The second-order valence-corrected chi connectivity index (χ2v) is 6.00. The Hall–Kier alpha value is -4.07. The predicted molar refractivity (Wildman–Crippen MR) is 111 cm³/mol. The van der Waals surface area contributed by atoms with Crippen molar-refractivity contribution in [2.45, 2.75) is 6.92 Å². The third kappa shape index (κ3) is 5.96. The van der Waals surface area contributed by atoms with Crippen molar-refractivity contribution in [2.24, 2.45) is 10.2 Å². The highest BCUT2D eigenvalue weighted by molar-refractivity contribution is 5.96. The third-order valence-corrected chi connectivity index (χ3v) is 3.79. The number of amides is 1. The summed E-state index contributed by atoms with van der Waals surface area (Å²) in [6.07, 6.45) is 1.51. The molecule has 0 radical (unpaired) electrons. The van der Waals surface area contributed by atoms with Gasteiger partial charge in [0.15, 0.2) is 6.61 Å². The van der Waals surface area contributed by atoms with E-state index in [2.05, 4.69) is 20.5 Å². The van der Waals surface area contributed by atoms with Crippen molar-refractivity contribution >= 4 is 28.9 Å². The molecule has 0 saturated carbocycles. The third-order valence-electron chi connectivity index (χ3n) is 3.79. The minimum atomic E-state index is -0.682. The van der Waals surface area contributed by atoms with Crippen molar-refractivity contribution in [3.8, 4) is 5.88 Å². The first-order valence-electron chi connectivity index (χ1n) is 9.27. The van der Waals surface area contributed by atoms with Crippen LogP contribution in [0, 0.1) is 0 Å². The molecule has 0 aliphatic heterocycles. The summed E-state index contributed by atoms with van der Waals surface area (Å²) in [5.41, 5.74) is 2.10. The van der Waals surface area contributed by atoms with Crippen LogP contribution in [-0.4, -0.2) is 30.1 Å². The molecule has 0 aliphatic carbocycles. The number of hydrogen-bond donors (Lipinski definition) is 1. The van der Waals surface area contributed by atoms with Crippen LogP contribution >= 0.6 is 0 Å². The zero-order chi connectivity index (χ0) is 21.2. The highest BCUT2D eigenvalue weighted by atomic mass is 16.5. The maximum absolute atomic E-state index is 12.2. The van der Waals surface area contributed by atoms with Gasteiger partial charge in [-0.1, -0.05) is 18.2 Å². The fourth-order valence-electron chi connectivity index (χ4n) is 2.43. The lowest BCUT2D eigenvalue weighted by Crippen LogP contribution is -2.21. The molecule has 30 heavy (non-hydrogen) atoms. The SMILES string of the molecule is CCOc1ncccc1C(=O)OCC(=O)Nc1ccc(N=Nc2ccccc2)cc1. The van der Waals surface area contributed by atoms with Crippen LogP contribution in [0.15, 0.2) is 83.2 Å². The molecule has 8 heteroatoms. The lowest BCUT2D eigenvalue weighted by atomic mass is 10.3. The van der Waals surface area contributed by atoms with Crippen molar-refractivity contribution in [2.75, 3.05) is 18.5 Å². The molecule has 0 atom stereocenters. The number of hydrogen-bond acceptors (Lipinski definition) is 7. The van der Waals surface area contributed by atoms with Crippen molar-refractivity contribution in [1.82, 2.24) is 4.98 Å². The zero-order valence-corrected chi connectivity index (χ0v) is 16.3. The Labute approximate surface area is 173 Å². The van der Waals surface area contributed by atoms with Crippen LogP contribution in [0.5, 0.6) is 5.88 Å². The number of nitrogens with zero attached hydrogens (tertiary/aromatic N) is 3. The second-order valence-electron chi connectivity index (χ2n) is 6.00. The van der Waals surface area contributed by atoms with Gasteiger partial charge in [0.2, 0.25) is 5.88 Å². The Balaban J connectivity index is 1.51. The number of anilines is 1. The molecule has 3 aromatic rings. The molecule has 3 rings (SSSR count). The highest BCUT2D eigenvalue weighted by Crippen LogP contribution is 2.20. The van der Waals surface area contributed by atoms with E-state index in [0.29, 0.717) is 18.0 Å². The molecule has 0 unspecified atom stereocenters. The summed E-state index contributed by atoms with van der Waals surface area (Å²) in [6.45, 7) is 1.71. The van der Waals surface area contributed by atoms with Crippen LogP contribution in [0.25, 0.3) is 0 Å². The summed E-state index contributed by atoms with van der Waals surface area (Å²) in [4.78, 5) is 28.2. The van der Waals surface area contributed by atoms with E-state index in [1.807, 2.05) is 30.3 Å². The molecule has 152 valence electrons. The summed E-state index contributed by atoms with van der Waals surface area (Å²) in [6, 6.07) is 19.3. The normalized spacial score (nSPS) is 10.6. The maximum Gasteiger partial charge on any atom is 0.344 e. The standard InChI is InChI=1S/C22H20N4O4/c1-2-29-21-19(9-6-14-23-21)22(28)30-15-20(27)24-16-10-12-18(13-11-16)26-25-17-7-4-3-5-8-17/h3-14H,2,15H2,1H3,(H,24,27). The molecule has 0 aliphatic rings. The monoisotopic (exact) mass is 404 g/mol. The van der Waals surface area contributed by atoms with Gasteiger partial charge in [-0.2, -0.15) is 10.2 Å². The molecule has 0 fully saturated rings. The molecular weight excluding hydrogens is 384 g/mol. The molecule has 0 bridgehead atoms. The number of aromatic nitrogens is 1. The lowest BCUT2D eigenvalue weighted by molar-refractivity contribution is -0.119. The summed E-state index contributed by atoms with van der Waals surface area (Å²) in [5, 5.41) is 10.9. The van der Waals surface area contributed by atoms with Crippen molar-refractivity contribution in [3.05, 3.63) is 78.5 Å². The van der Waals surface area contributed by atoms with Crippen molar-refractivity contribution in [1.29, 1.82) is 0 Å². The Bertz CT molecular complexity index is 1020. The van der Waals surface area contributed by atoms with Crippen LogP contribution in [0.3, 0.4) is 0 Å². The Morgan fingerprint density at radius 1 is 0.933 bits per heavy atom. The average Bonchev–Trinajstić information content (AvgIpc) is 2.78. The van der Waals surface area contributed by atoms with E-state index in [1.54, 1.807) is 37.3 Å². The number of nitrogens with one attached hydrogen (secondary N) is 1. The Morgan fingerprint density at radius 3 is 2.33 bits per heavy atom. The first kappa shape index (κ1) is 20.7. The minimum absolute atomic E-state index is 0.167. The largest absolute Gasteiger partial charge is 0.477 e. The fourth-order valence-corrected chi connectivity index (χ4v) is 2.43. The Morgan fingerprint density at radius 2 is 1.63 bits per heavy atom. The smallest absolute Gasteiger partial charge is 0.344 e. The summed E-state index contributed by atoms with van der Waals surface area (Å²) < 4.78 is 10.3. The number of carbonyl (C=O) groups excluding carboxylic acids is 2. The molecule has 8 nitrogen and oxygen atoms in total. The van der Waals surface area contributed by atoms with Gasteiger partial charge in [-0.25, -0.2) is 9.78 Å². The van der Waals surface area contributed by atoms with Crippen molar-refractivity contribution < 1.29 is 19.1 Å². The molecule has 1 N–H and O–H groups in total. The van der Waals surface area contributed by atoms with Crippen LogP contribution in [0.2, 0.25) is 0 Å². The van der Waals surface area contributed by atoms with Gasteiger partial charge in [-0.05, 0) is 55.5 Å². The van der Waals surface area contributed by atoms with E-state index in [0.717, 1.165) is 5.69 Å². The van der Waals surface area contributed by atoms with Gasteiger partial charge in [-0.3, -0.25) is 4.79 Å². The molecule has 2 aromatic carbocycles. The molecule has 1 amide bonds. The predicted octanol–water partition coefficient (Wildman–Crippen LogP) is 4.69. The van der Waals surface area contributed by atoms with Crippen LogP contribution in [0.1, 0.15) is 17.3 Å². The van der Waals surface area contributed by atoms with Gasteiger partial charge >= 0.3 is 5.97 Å². The van der Waals surface area contributed by atoms with Gasteiger partial charge in [0.1, 0.15) is 5.56 Å². The number of esters is 1. The van der Waals surface area contributed by atoms with E-state index in [9.17, 15) is 9.59 Å². The molecular formula is C22H20N4O4. The van der Waals surface area contributed by atoms with Gasteiger partial charge < -0.3 is 14.8 Å². The van der Waals surface area contributed by atoms with E-state index < -0.39 is 18.5 Å². The topological polar surface area (TPSA) is 102 Å². The van der Waals surface area contributed by atoms with Crippen molar-refractivity contribution in [3.63, 3.8) is 0 Å². The summed E-state index contributed by atoms with van der Waals surface area (Å²) >= 11 is 0. The van der Waals surface area contributed by atoms with Gasteiger partial charge in [0.05, 0.1) is 18.0 Å². The number of rotatable bonds is 8. The average molecular weight is 404 g/mol. The zero-order valence-electron chi connectivity index (χ0n) is 16.3. The number of ether oxygens (including phenoxy) is 2. The van der Waals surface area contributed by atoms with E-state index in [4.69, 9.17) is 9.47 Å². The van der Waals surface area contributed by atoms with E-state index in [1.165, 1.54) is 12.3 Å². The van der Waals surface area contributed by atoms with Gasteiger partial charge in [-0.15, -0.1) is 0 Å². The van der Waals surface area contributed by atoms with Crippen LogP contribution < -0.4 is 10.1 Å². The number of carbonyl (C=O) groups is 2. The van der Waals surface area contributed by atoms with Crippen LogP contribution in [-0.2, 0) is 9.53 Å². The molecule has 1 heterocycles. The maximum atomic E-state index is 12.2. The lowest BCUT2D eigenvalue weighted by Gasteiger charge is -2.09. The van der Waals surface area contributed by atoms with Gasteiger partial charge in [0.25, 0.3) is 5.91 Å². The first-order valence-corrected chi connectivity index (χ1v) is 9.27. The quantitative estimate of drug-likeness (QED) is 0.433. The Kier molecular flexibility index (Phi) is 7.21.